The van der Waals surface area contributed by atoms with E-state index >= 15 is 0 Å². The molecule has 2 heterocycles. The fraction of sp³-hybridized carbons (Fsp3) is 0.235. The van der Waals surface area contributed by atoms with Gasteiger partial charge >= 0.3 is 5.97 Å². The van der Waals surface area contributed by atoms with E-state index in [1.807, 2.05) is 11.0 Å². The van der Waals surface area contributed by atoms with Crippen molar-refractivity contribution in [2.45, 2.75) is 13.5 Å². The molecule has 1 saturated heterocycles. The average Bonchev–Trinajstić information content (AvgIpc) is 3.05. The number of aryl methyl sites for hydroxylation is 1. The van der Waals surface area contributed by atoms with Crippen molar-refractivity contribution in [1.29, 1.82) is 0 Å². The number of hydrogen-bond donors (Lipinski definition) is 1. The van der Waals surface area contributed by atoms with Gasteiger partial charge in [-0.1, -0.05) is 18.7 Å². The molecule has 1 aromatic heterocycles. The van der Waals surface area contributed by atoms with E-state index in [0.29, 0.717) is 11.4 Å². The molecular weight excluding hydrogens is 315 g/mol. The zero-order valence-corrected chi connectivity index (χ0v) is 13.6. The Kier molecular flexibility index (Phi) is 4.09. The first-order valence-electron chi connectivity index (χ1n) is 7.25. The summed E-state index contributed by atoms with van der Waals surface area (Å²) < 4.78 is 13.0. The van der Waals surface area contributed by atoms with Crippen molar-refractivity contribution in [3.63, 3.8) is 0 Å². The van der Waals surface area contributed by atoms with Gasteiger partial charge in [-0.05, 0) is 36.2 Å². The normalized spacial score (nSPS) is 14.6. The third-order valence-corrected chi connectivity index (χ3v) is 5.17. The average molecular weight is 332 g/mol. The number of nitrogens with zero attached hydrogens (tertiary/aromatic N) is 2. The van der Waals surface area contributed by atoms with E-state index in [0.717, 1.165) is 35.0 Å². The summed E-state index contributed by atoms with van der Waals surface area (Å²) >= 11 is 1.27. The van der Waals surface area contributed by atoms with E-state index in [1.165, 1.54) is 23.5 Å². The Balaban J connectivity index is 1.75. The number of benzene rings is 1. The monoisotopic (exact) mass is 332 g/mol. The molecule has 0 unspecified atom stereocenters. The largest absolute Gasteiger partial charge is 0.477 e. The number of carboxylic acids is 1. The number of rotatable bonds is 4. The summed E-state index contributed by atoms with van der Waals surface area (Å²) in [5.74, 6) is -0.301. The first-order valence-corrected chi connectivity index (χ1v) is 8.07. The zero-order chi connectivity index (χ0) is 16.6. The number of carboxylic acid groups (broad SMARTS) is 1. The Hall–Kier alpha value is -2.34. The molecule has 1 N–H and O–H groups in total. The van der Waals surface area contributed by atoms with Crippen molar-refractivity contribution < 1.29 is 14.3 Å². The van der Waals surface area contributed by atoms with E-state index in [1.54, 1.807) is 19.1 Å². The molecule has 0 radical (unpaired) electrons. The van der Waals surface area contributed by atoms with Crippen molar-refractivity contribution >= 4 is 22.3 Å². The molecule has 23 heavy (non-hydrogen) atoms. The smallest absolute Gasteiger partial charge is 0.346 e. The Bertz CT molecular complexity index is 754. The Morgan fingerprint density at radius 2 is 2.04 bits per heavy atom. The highest BCUT2D eigenvalue weighted by Gasteiger charge is 2.26. The van der Waals surface area contributed by atoms with Gasteiger partial charge in [-0.2, -0.15) is 0 Å². The maximum Gasteiger partial charge on any atom is 0.346 e. The van der Waals surface area contributed by atoms with Crippen LogP contribution in [0.15, 0.2) is 42.7 Å². The Morgan fingerprint density at radius 1 is 1.35 bits per heavy atom. The molecule has 0 spiro atoms. The quantitative estimate of drug-likeness (QED) is 0.927. The second-order valence-corrected chi connectivity index (χ2v) is 6.55. The molecule has 4 nitrogen and oxygen atoms in total. The topological polar surface area (TPSA) is 43.8 Å². The van der Waals surface area contributed by atoms with Crippen LogP contribution in [0.25, 0.3) is 0 Å². The third kappa shape index (κ3) is 3.07. The molecule has 0 amide bonds. The summed E-state index contributed by atoms with van der Waals surface area (Å²) in [5.41, 5.74) is 1.78. The summed E-state index contributed by atoms with van der Waals surface area (Å²) in [4.78, 5) is 15.7. The molecule has 6 heteroatoms. The molecule has 0 bridgehead atoms. The SMILES string of the molecule is C=C1N(Cc2ccc(F)cc2)CCN1c1cc(C)c(C(=O)O)s1. The lowest BCUT2D eigenvalue weighted by atomic mass is 10.2. The van der Waals surface area contributed by atoms with Gasteiger partial charge < -0.3 is 14.9 Å². The standard InChI is InChI=1S/C17H17FN2O2S/c1-11-9-15(23-16(11)17(21)22)20-8-7-19(12(20)2)10-13-3-5-14(18)6-4-13/h3-6,9H,2,7-8,10H2,1H3,(H,21,22). The second kappa shape index (κ2) is 6.04. The van der Waals surface area contributed by atoms with Crippen LogP contribution in [0.4, 0.5) is 9.39 Å². The third-order valence-electron chi connectivity index (χ3n) is 3.92. The molecule has 1 aromatic carbocycles. The molecule has 1 fully saturated rings. The predicted octanol–water partition coefficient (Wildman–Crippen LogP) is 3.69. The number of anilines is 1. The number of carbonyl (C=O) groups is 1. The molecule has 1 aliphatic rings. The van der Waals surface area contributed by atoms with Gasteiger partial charge in [0, 0.05) is 19.6 Å². The Labute approximate surface area is 138 Å². The van der Waals surface area contributed by atoms with E-state index in [9.17, 15) is 14.3 Å². The van der Waals surface area contributed by atoms with Crippen molar-refractivity contribution in [1.82, 2.24) is 4.90 Å². The Morgan fingerprint density at radius 3 is 2.65 bits per heavy atom. The summed E-state index contributed by atoms with van der Waals surface area (Å²) in [6.07, 6.45) is 0. The van der Waals surface area contributed by atoms with Crippen LogP contribution < -0.4 is 4.90 Å². The summed E-state index contributed by atoms with van der Waals surface area (Å²) in [7, 11) is 0. The first kappa shape index (κ1) is 15.6. The van der Waals surface area contributed by atoms with Gasteiger partial charge in [-0.25, -0.2) is 9.18 Å². The fourth-order valence-corrected chi connectivity index (χ4v) is 3.74. The van der Waals surface area contributed by atoms with E-state index < -0.39 is 5.97 Å². The maximum atomic E-state index is 13.0. The van der Waals surface area contributed by atoms with E-state index in [4.69, 9.17) is 0 Å². The molecule has 3 rings (SSSR count). The predicted molar refractivity (Wildman–Crippen MR) is 89.3 cm³/mol. The van der Waals surface area contributed by atoms with Crippen LogP contribution in [0.1, 0.15) is 20.8 Å². The molecule has 2 aromatic rings. The molecule has 1 aliphatic heterocycles. The first-order chi connectivity index (χ1) is 11.0. The fourth-order valence-electron chi connectivity index (χ4n) is 2.68. The lowest BCUT2D eigenvalue weighted by Crippen LogP contribution is -2.21. The molecule has 0 aliphatic carbocycles. The number of halogens is 1. The van der Waals surface area contributed by atoms with Gasteiger partial charge in [0.2, 0.25) is 0 Å². The number of hydrogen-bond acceptors (Lipinski definition) is 4. The summed E-state index contributed by atoms with van der Waals surface area (Å²) in [6, 6.07) is 8.33. The van der Waals surface area contributed by atoms with Crippen LogP contribution in [0, 0.1) is 12.7 Å². The minimum atomic E-state index is -0.897. The van der Waals surface area contributed by atoms with Crippen LogP contribution in [-0.2, 0) is 6.54 Å². The van der Waals surface area contributed by atoms with E-state index in [2.05, 4.69) is 11.5 Å². The molecule has 120 valence electrons. The lowest BCUT2D eigenvalue weighted by Gasteiger charge is -2.22. The second-order valence-electron chi connectivity index (χ2n) is 5.52. The molecule has 0 atom stereocenters. The summed E-state index contributed by atoms with van der Waals surface area (Å²) in [5, 5.41) is 10.1. The van der Waals surface area contributed by atoms with Crippen LogP contribution >= 0.6 is 11.3 Å². The van der Waals surface area contributed by atoms with Gasteiger partial charge in [-0.15, -0.1) is 11.3 Å². The van der Waals surface area contributed by atoms with Crippen molar-refractivity contribution in [2.24, 2.45) is 0 Å². The van der Waals surface area contributed by atoms with Gasteiger partial charge in [0.25, 0.3) is 0 Å². The van der Waals surface area contributed by atoms with Crippen molar-refractivity contribution in [2.75, 3.05) is 18.0 Å². The van der Waals surface area contributed by atoms with E-state index in [-0.39, 0.29) is 5.82 Å². The minimum Gasteiger partial charge on any atom is -0.477 e. The van der Waals surface area contributed by atoms with Crippen molar-refractivity contribution in [3.8, 4) is 0 Å². The highest BCUT2D eigenvalue weighted by molar-refractivity contribution is 7.18. The highest BCUT2D eigenvalue weighted by Crippen LogP contribution is 2.35. The molecule has 0 saturated carbocycles. The van der Waals surface area contributed by atoms with Gasteiger partial charge in [0.15, 0.2) is 0 Å². The van der Waals surface area contributed by atoms with Crippen LogP contribution in [0.2, 0.25) is 0 Å². The van der Waals surface area contributed by atoms with Crippen LogP contribution in [-0.4, -0.2) is 29.1 Å². The van der Waals surface area contributed by atoms with Gasteiger partial charge in [-0.3, -0.25) is 0 Å². The van der Waals surface area contributed by atoms with Gasteiger partial charge in [0.1, 0.15) is 16.5 Å². The van der Waals surface area contributed by atoms with Crippen LogP contribution in [0.3, 0.4) is 0 Å². The minimum absolute atomic E-state index is 0.245. The zero-order valence-electron chi connectivity index (χ0n) is 12.8. The number of aromatic carboxylic acids is 1. The number of thiophene rings is 1. The highest BCUT2D eigenvalue weighted by atomic mass is 32.1. The lowest BCUT2D eigenvalue weighted by molar-refractivity contribution is 0.0701. The van der Waals surface area contributed by atoms with Gasteiger partial charge in [0.05, 0.1) is 5.00 Å². The van der Waals surface area contributed by atoms with Crippen LogP contribution in [0.5, 0.6) is 0 Å². The molecular formula is C17H17FN2O2S. The van der Waals surface area contributed by atoms with Crippen molar-refractivity contribution in [3.05, 3.63) is 64.6 Å². The summed E-state index contributed by atoms with van der Waals surface area (Å²) in [6.45, 7) is 8.15. The maximum absolute atomic E-state index is 13.0.